The maximum Gasteiger partial charge on any atom is 0.309 e. The monoisotopic (exact) mass is 544 g/mol. The van der Waals surface area contributed by atoms with Crippen molar-refractivity contribution in [1.29, 1.82) is 0 Å². The van der Waals surface area contributed by atoms with E-state index in [9.17, 15) is 19.2 Å². The van der Waals surface area contributed by atoms with Crippen LogP contribution < -0.4 is 0 Å². The number of hydrogen-bond donors (Lipinski definition) is 0. The molecule has 4 rings (SSSR count). The zero-order valence-corrected chi connectivity index (χ0v) is 24.5. The Morgan fingerprint density at radius 2 is 1.85 bits per heavy atom. The highest BCUT2D eigenvalue weighted by Crippen LogP contribution is 2.71. The van der Waals surface area contributed by atoms with E-state index in [1.54, 1.807) is 0 Å². The molecular formula is C31H44O8. The van der Waals surface area contributed by atoms with Crippen molar-refractivity contribution >= 4 is 23.9 Å². The van der Waals surface area contributed by atoms with Gasteiger partial charge >= 0.3 is 23.9 Å². The molecule has 8 heteroatoms. The molecule has 216 valence electrons. The van der Waals surface area contributed by atoms with Crippen LogP contribution in [-0.2, 0) is 38.1 Å². The van der Waals surface area contributed by atoms with E-state index < -0.39 is 35.0 Å². The highest BCUT2D eigenvalue weighted by molar-refractivity contribution is 5.72. The first kappa shape index (κ1) is 29.3. The first-order valence-corrected chi connectivity index (χ1v) is 14.1. The van der Waals surface area contributed by atoms with Gasteiger partial charge in [0, 0.05) is 30.6 Å². The molecule has 0 amide bonds. The summed E-state index contributed by atoms with van der Waals surface area (Å²) in [7, 11) is 1.33. The van der Waals surface area contributed by atoms with Crippen LogP contribution in [0.5, 0.6) is 0 Å². The Kier molecular flexibility index (Phi) is 7.82. The van der Waals surface area contributed by atoms with Crippen LogP contribution in [0.2, 0.25) is 0 Å². The normalized spacial score (nSPS) is 39.9. The standard InChI is InChI=1S/C31H44O8/c1-17(2)22-14-25(38-18(3)32)31(7)23-10-9-21(20-13-28(35)37-16-20)29(23,5)12-11-24(31)30(22,6)26(39-19(4)33)15-27(34)36-8/h10,20-22,24-26H,1,9,11-16H2,2-8H3/t20-,21+,22-,24-,25-,26+,29+,30-,31-/m1/s1. The second kappa shape index (κ2) is 10.4. The highest BCUT2D eigenvalue weighted by Gasteiger charge is 2.69. The van der Waals surface area contributed by atoms with E-state index in [1.807, 2.05) is 6.92 Å². The van der Waals surface area contributed by atoms with Gasteiger partial charge in [0.05, 0.1) is 26.6 Å². The Morgan fingerprint density at radius 1 is 1.15 bits per heavy atom. The molecule has 0 bridgehead atoms. The minimum Gasteiger partial charge on any atom is -0.469 e. The fourth-order valence-electron chi connectivity index (χ4n) is 9.21. The third-order valence-corrected chi connectivity index (χ3v) is 10.8. The Morgan fingerprint density at radius 3 is 2.38 bits per heavy atom. The van der Waals surface area contributed by atoms with Gasteiger partial charge in [0.15, 0.2) is 0 Å². The summed E-state index contributed by atoms with van der Waals surface area (Å²) in [6.07, 6.45) is 4.48. The van der Waals surface area contributed by atoms with E-state index in [4.69, 9.17) is 18.9 Å². The van der Waals surface area contributed by atoms with E-state index >= 15 is 0 Å². The summed E-state index contributed by atoms with van der Waals surface area (Å²) in [5, 5.41) is 0. The second-order valence-electron chi connectivity index (χ2n) is 12.9. The Hall–Kier alpha value is -2.64. The van der Waals surface area contributed by atoms with Gasteiger partial charge in [0.2, 0.25) is 0 Å². The molecule has 0 unspecified atom stereocenters. The minimum atomic E-state index is -0.741. The van der Waals surface area contributed by atoms with Crippen molar-refractivity contribution in [2.75, 3.05) is 13.7 Å². The average molecular weight is 545 g/mol. The second-order valence-corrected chi connectivity index (χ2v) is 12.9. The number of carbonyl (C=O) groups excluding carboxylic acids is 4. The van der Waals surface area contributed by atoms with Crippen molar-refractivity contribution in [2.45, 2.75) is 92.3 Å². The molecule has 0 radical (unpaired) electrons. The molecule has 1 aliphatic heterocycles. The van der Waals surface area contributed by atoms with E-state index in [2.05, 4.69) is 33.4 Å². The molecule has 3 fully saturated rings. The van der Waals surface area contributed by atoms with Crippen LogP contribution in [0, 0.1) is 39.9 Å². The summed E-state index contributed by atoms with van der Waals surface area (Å²) < 4.78 is 22.5. The maximum absolute atomic E-state index is 12.6. The van der Waals surface area contributed by atoms with Crippen LogP contribution >= 0.6 is 0 Å². The summed E-state index contributed by atoms with van der Waals surface area (Å²) >= 11 is 0. The molecule has 0 aromatic carbocycles. The molecule has 39 heavy (non-hydrogen) atoms. The number of hydrogen-bond acceptors (Lipinski definition) is 8. The topological polar surface area (TPSA) is 105 Å². The molecule has 8 nitrogen and oxygen atoms in total. The lowest BCUT2D eigenvalue weighted by atomic mass is 9.40. The van der Waals surface area contributed by atoms with Gasteiger partial charge in [0.25, 0.3) is 0 Å². The maximum atomic E-state index is 12.6. The summed E-state index contributed by atoms with van der Waals surface area (Å²) in [6, 6.07) is 0. The average Bonchev–Trinajstić information content (AvgIpc) is 3.42. The van der Waals surface area contributed by atoms with Crippen molar-refractivity contribution in [3.63, 3.8) is 0 Å². The SMILES string of the molecule is C=C(C)[C@H]1C[C@@H](OC(C)=O)[C@]2(C)C3=CC[C@@H]([C@H]4COC(=O)C4)[C@]3(C)CC[C@@H]2[C@]1(C)[C@H](CC(=O)OC)OC(C)=O. The van der Waals surface area contributed by atoms with Gasteiger partial charge in [-0.05, 0) is 55.8 Å². The summed E-state index contributed by atoms with van der Waals surface area (Å²) in [4.78, 5) is 49.5. The summed E-state index contributed by atoms with van der Waals surface area (Å²) in [5.74, 6) is -1.24. The van der Waals surface area contributed by atoms with Crippen molar-refractivity contribution in [3.8, 4) is 0 Å². The molecule has 0 N–H and O–H groups in total. The van der Waals surface area contributed by atoms with Gasteiger partial charge in [-0.15, -0.1) is 0 Å². The number of fused-ring (bicyclic) bond motifs is 3. The molecule has 3 aliphatic carbocycles. The zero-order valence-electron chi connectivity index (χ0n) is 24.5. The fraction of sp³-hybridized carbons (Fsp3) is 0.742. The quantitative estimate of drug-likeness (QED) is 0.252. The number of ether oxygens (including phenoxy) is 4. The summed E-state index contributed by atoms with van der Waals surface area (Å²) in [5.41, 5.74) is 0.689. The van der Waals surface area contributed by atoms with Crippen LogP contribution in [0.1, 0.15) is 80.1 Å². The van der Waals surface area contributed by atoms with Crippen LogP contribution in [0.15, 0.2) is 23.8 Å². The van der Waals surface area contributed by atoms with Crippen LogP contribution in [0.4, 0.5) is 0 Å². The molecule has 9 atom stereocenters. The van der Waals surface area contributed by atoms with Gasteiger partial charge in [-0.2, -0.15) is 0 Å². The fourth-order valence-corrected chi connectivity index (χ4v) is 9.21. The Bertz CT molecular complexity index is 1090. The number of methoxy groups -OCH3 is 1. The van der Waals surface area contributed by atoms with Crippen molar-refractivity contribution in [2.24, 2.45) is 39.9 Å². The summed E-state index contributed by atoms with van der Waals surface area (Å²) in [6.45, 7) is 16.1. The molecule has 1 saturated heterocycles. The predicted octanol–water partition coefficient (Wildman–Crippen LogP) is 4.95. The molecule has 1 heterocycles. The first-order chi connectivity index (χ1) is 18.2. The van der Waals surface area contributed by atoms with E-state index in [0.29, 0.717) is 19.4 Å². The van der Waals surface area contributed by atoms with E-state index in [1.165, 1.54) is 26.5 Å². The van der Waals surface area contributed by atoms with Crippen molar-refractivity contribution in [3.05, 3.63) is 23.8 Å². The number of allylic oxidation sites excluding steroid dienone is 2. The van der Waals surface area contributed by atoms with Gasteiger partial charge < -0.3 is 18.9 Å². The van der Waals surface area contributed by atoms with E-state index in [-0.39, 0.29) is 47.4 Å². The van der Waals surface area contributed by atoms with Crippen molar-refractivity contribution in [1.82, 2.24) is 0 Å². The number of carbonyl (C=O) groups is 4. The van der Waals surface area contributed by atoms with Crippen LogP contribution in [0.3, 0.4) is 0 Å². The van der Waals surface area contributed by atoms with Gasteiger partial charge in [-0.3, -0.25) is 19.2 Å². The number of rotatable bonds is 7. The van der Waals surface area contributed by atoms with E-state index in [0.717, 1.165) is 24.8 Å². The zero-order chi connectivity index (χ0) is 28.9. The van der Waals surface area contributed by atoms with Crippen molar-refractivity contribution < 1.29 is 38.1 Å². The molecular weight excluding hydrogens is 500 g/mol. The third-order valence-electron chi connectivity index (χ3n) is 10.8. The van der Waals surface area contributed by atoms with Crippen LogP contribution in [0.25, 0.3) is 0 Å². The van der Waals surface area contributed by atoms with Gasteiger partial charge in [-0.1, -0.05) is 44.6 Å². The molecule has 4 aliphatic rings. The molecule has 2 saturated carbocycles. The molecule has 0 spiro atoms. The predicted molar refractivity (Wildman–Crippen MR) is 143 cm³/mol. The molecule has 0 aromatic rings. The lowest BCUT2D eigenvalue weighted by Crippen LogP contribution is -2.65. The van der Waals surface area contributed by atoms with Gasteiger partial charge in [-0.25, -0.2) is 0 Å². The Balaban J connectivity index is 1.85. The van der Waals surface area contributed by atoms with Crippen LogP contribution in [-0.4, -0.2) is 49.8 Å². The molecule has 0 aromatic heterocycles. The lowest BCUT2D eigenvalue weighted by Gasteiger charge is -2.65. The number of esters is 4. The smallest absolute Gasteiger partial charge is 0.309 e. The largest absolute Gasteiger partial charge is 0.469 e. The minimum absolute atomic E-state index is 0.0678. The van der Waals surface area contributed by atoms with Gasteiger partial charge in [0.1, 0.15) is 12.2 Å². The lowest BCUT2D eigenvalue weighted by molar-refractivity contribution is -0.207. The Labute approximate surface area is 231 Å². The highest BCUT2D eigenvalue weighted by atomic mass is 16.6. The third kappa shape index (κ3) is 4.71. The first-order valence-electron chi connectivity index (χ1n) is 14.1. The number of cyclic esters (lactones) is 1.